The number of benzene rings is 1. The summed E-state index contributed by atoms with van der Waals surface area (Å²) in [6.45, 7) is 0.655. The van der Waals surface area contributed by atoms with Crippen LogP contribution in [0.1, 0.15) is 24.0 Å². The Morgan fingerprint density at radius 1 is 1.43 bits per heavy atom. The van der Waals surface area contributed by atoms with E-state index in [-0.39, 0.29) is 18.5 Å². The highest BCUT2D eigenvalue weighted by Gasteiger charge is 2.24. The molecule has 2 N–H and O–H groups in total. The van der Waals surface area contributed by atoms with Gasteiger partial charge in [-0.1, -0.05) is 12.1 Å². The van der Waals surface area contributed by atoms with Crippen LogP contribution in [0.5, 0.6) is 0 Å². The van der Waals surface area contributed by atoms with E-state index in [0.29, 0.717) is 12.1 Å². The molecule has 2 rings (SSSR count). The molecule has 0 bridgehead atoms. The van der Waals surface area contributed by atoms with Crippen molar-refractivity contribution in [1.29, 1.82) is 5.26 Å². The molecule has 110 valence electrons. The van der Waals surface area contributed by atoms with Crippen LogP contribution in [-0.4, -0.2) is 36.5 Å². The number of hydrogen-bond donors (Lipinski definition) is 2. The van der Waals surface area contributed by atoms with Gasteiger partial charge >= 0.3 is 6.03 Å². The monoisotopic (exact) mass is 286 g/mol. The summed E-state index contributed by atoms with van der Waals surface area (Å²) in [5.41, 5.74) is 1.54. The molecule has 0 unspecified atom stereocenters. The number of nitrogens with one attached hydrogen (secondary N) is 2. The van der Waals surface area contributed by atoms with Crippen LogP contribution in [0, 0.1) is 11.3 Å². The zero-order valence-electron chi connectivity index (χ0n) is 11.9. The van der Waals surface area contributed by atoms with Gasteiger partial charge in [-0.05, 0) is 37.6 Å². The first-order valence-corrected chi connectivity index (χ1v) is 6.85. The second-order valence-corrected chi connectivity index (χ2v) is 5.28. The van der Waals surface area contributed by atoms with Crippen molar-refractivity contribution in [2.24, 2.45) is 0 Å². The Labute approximate surface area is 123 Å². The number of hydrogen-bond acceptors (Lipinski definition) is 4. The predicted molar refractivity (Wildman–Crippen MR) is 77.2 cm³/mol. The van der Waals surface area contributed by atoms with Crippen molar-refractivity contribution >= 4 is 11.9 Å². The van der Waals surface area contributed by atoms with Gasteiger partial charge in [0.1, 0.15) is 0 Å². The van der Waals surface area contributed by atoms with Gasteiger partial charge in [-0.15, -0.1) is 0 Å². The van der Waals surface area contributed by atoms with Crippen LogP contribution >= 0.6 is 0 Å². The lowest BCUT2D eigenvalue weighted by atomic mass is 10.1. The van der Waals surface area contributed by atoms with E-state index in [4.69, 9.17) is 5.26 Å². The minimum atomic E-state index is -0.428. The van der Waals surface area contributed by atoms with Gasteiger partial charge in [-0.25, -0.2) is 4.79 Å². The average Bonchev–Trinajstić information content (AvgIpc) is 3.22. The molecule has 1 aromatic carbocycles. The molecular formula is C15H18N4O2. The van der Waals surface area contributed by atoms with Gasteiger partial charge in [0.05, 0.1) is 18.2 Å². The van der Waals surface area contributed by atoms with E-state index in [1.165, 1.54) is 0 Å². The minimum Gasteiger partial charge on any atom is -0.335 e. The zero-order valence-corrected chi connectivity index (χ0v) is 11.9. The number of likely N-dealkylation sites (N-methyl/N-ethyl adjacent to an activating group) is 1. The van der Waals surface area contributed by atoms with Crippen molar-refractivity contribution in [3.05, 3.63) is 35.4 Å². The number of rotatable bonds is 5. The molecular weight excluding hydrogens is 268 g/mol. The molecule has 1 saturated carbocycles. The second kappa shape index (κ2) is 6.86. The summed E-state index contributed by atoms with van der Waals surface area (Å²) in [6.07, 6.45) is 1.97. The molecule has 0 aromatic heterocycles. The van der Waals surface area contributed by atoms with Crippen LogP contribution in [0.15, 0.2) is 24.3 Å². The number of carbonyl (C=O) groups excluding carboxylic acids is 2. The third-order valence-electron chi connectivity index (χ3n) is 3.09. The molecule has 3 amide bonds. The Bertz CT molecular complexity index is 575. The lowest BCUT2D eigenvalue weighted by Gasteiger charge is -2.16. The summed E-state index contributed by atoms with van der Waals surface area (Å²) in [4.78, 5) is 24.9. The molecule has 0 saturated heterocycles. The zero-order chi connectivity index (χ0) is 15.2. The maximum absolute atomic E-state index is 11.7. The maximum Gasteiger partial charge on any atom is 0.321 e. The number of nitrogens with zero attached hydrogens (tertiary/aromatic N) is 2. The fourth-order valence-corrected chi connectivity index (χ4v) is 1.97. The van der Waals surface area contributed by atoms with E-state index in [1.807, 2.05) is 12.1 Å². The van der Waals surface area contributed by atoms with Crippen molar-refractivity contribution in [2.45, 2.75) is 25.4 Å². The first kappa shape index (κ1) is 15.0. The van der Waals surface area contributed by atoms with Crippen LogP contribution in [0.4, 0.5) is 4.79 Å². The first-order chi connectivity index (χ1) is 10.1. The molecule has 6 nitrogen and oxygen atoms in total. The van der Waals surface area contributed by atoms with Gasteiger partial charge < -0.3 is 5.32 Å². The third-order valence-corrected chi connectivity index (χ3v) is 3.09. The lowest BCUT2D eigenvalue weighted by molar-refractivity contribution is -0.120. The Morgan fingerprint density at radius 3 is 2.86 bits per heavy atom. The summed E-state index contributed by atoms with van der Waals surface area (Å²) in [5.74, 6) is -0.341. The van der Waals surface area contributed by atoms with Crippen molar-refractivity contribution < 1.29 is 9.59 Å². The number of urea groups is 1. The van der Waals surface area contributed by atoms with Crippen LogP contribution in [0.2, 0.25) is 0 Å². The average molecular weight is 286 g/mol. The summed E-state index contributed by atoms with van der Waals surface area (Å²) in [6, 6.07) is 9.11. The molecule has 1 aromatic rings. The molecule has 0 heterocycles. The topological polar surface area (TPSA) is 85.2 Å². The fourth-order valence-electron chi connectivity index (χ4n) is 1.97. The van der Waals surface area contributed by atoms with Crippen LogP contribution in [-0.2, 0) is 11.3 Å². The van der Waals surface area contributed by atoms with Gasteiger partial charge in [-0.2, -0.15) is 5.26 Å². The molecule has 0 aliphatic heterocycles. The lowest BCUT2D eigenvalue weighted by Crippen LogP contribution is -2.44. The van der Waals surface area contributed by atoms with Crippen LogP contribution in [0.3, 0.4) is 0 Å². The summed E-state index contributed by atoms with van der Waals surface area (Å²) >= 11 is 0. The molecule has 0 radical (unpaired) electrons. The quantitative estimate of drug-likeness (QED) is 0.845. The number of amides is 3. The molecule has 1 aliphatic rings. The molecule has 1 aliphatic carbocycles. The van der Waals surface area contributed by atoms with E-state index in [9.17, 15) is 9.59 Å². The predicted octanol–water partition coefficient (Wildman–Crippen LogP) is 0.978. The van der Waals surface area contributed by atoms with Gasteiger partial charge in [0.2, 0.25) is 5.91 Å². The highest BCUT2D eigenvalue weighted by molar-refractivity contribution is 5.95. The van der Waals surface area contributed by atoms with Crippen molar-refractivity contribution in [2.75, 3.05) is 13.6 Å². The standard InChI is InChI=1S/C15H18N4O2/c1-19(9-12-4-2-3-11(7-12)8-16)10-14(20)18-15(21)17-13-5-6-13/h2-4,7,13H,5-6,9-10H2,1H3,(H2,17,18,20,21). The van der Waals surface area contributed by atoms with E-state index >= 15 is 0 Å². The largest absolute Gasteiger partial charge is 0.335 e. The SMILES string of the molecule is CN(CC(=O)NC(=O)NC1CC1)Cc1cccc(C#N)c1. The summed E-state index contributed by atoms with van der Waals surface area (Å²) < 4.78 is 0. The fraction of sp³-hybridized carbons (Fsp3) is 0.400. The molecule has 1 fully saturated rings. The van der Waals surface area contributed by atoms with Gasteiger partial charge in [-0.3, -0.25) is 15.0 Å². The van der Waals surface area contributed by atoms with Gasteiger partial charge in [0.25, 0.3) is 0 Å². The van der Waals surface area contributed by atoms with Crippen LogP contribution in [0.25, 0.3) is 0 Å². The van der Waals surface area contributed by atoms with Crippen molar-refractivity contribution in [3.63, 3.8) is 0 Å². The summed E-state index contributed by atoms with van der Waals surface area (Å²) in [5, 5.41) is 13.9. The first-order valence-electron chi connectivity index (χ1n) is 6.85. The number of carbonyl (C=O) groups is 2. The highest BCUT2D eigenvalue weighted by atomic mass is 16.2. The minimum absolute atomic E-state index is 0.120. The maximum atomic E-state index is 11.7. The molecule has 0 atom stereocenters. The van der Waals surface area contributed by atoms with Crippen molar-refractivity contribution in [1.82, 2.24) is 15.5 Å². The molecule has 21 heavy (non-hydrogen) atoms. The summed E-state index contributed by atoms with van der Waals surface area (Å²) in [7, 11) is 1.79. The number of nitriles is 1. The van der Waals surface area contributed by atoms with Crippen LogP contribution < -0.4 is 10.6 Å². The van der Waals surface area contributed by atoms with E-state index < -0.39 is 6.03 Å². The van der Waals surface area contributed by atoms with E-state index in [2.05, 4.69) is 16.7 Å². The van der Waals surface area contributed by atoms with E-state index in [0.717, 1.165) is 18.4 Å². The molecule has 6 heteroatoms. The Morgan fingerprint density at radius 2 is 2.19 bits per heavy atom. The second-order valence-electron chi connectivity index (χ2n) is 5.28. The smallest absolute Gasteiger partial charge is 0.321 e. The highest BCUT2D eigenvalue weighted by Crippen LogP contribution is 2.18. The Hall–Kier alpha value is -2.39. The molecule has 0 spiro atoms. The normalized spacial score (nSPS) is 13.6. The Balaban J connectivity index is 1.77. The Kier molecular flexibility index (Phi) is 4.90. The van der Waals surface area contributed by atoms with E-state index in [1.54, 1.807) is 24.1 Å². The van der Waals surface area contributed by atoms with Gasteiger partial charge in [0.15, 0.2) is 0 Å². The van der Waals surface area contributed by atoms with Gasteiger partial charge in [0, 0.05) is 12.6 Å². The number of imide groups is 1. The third kappa shape index (κ3) is 5.24. The van der Waals surface area contributed by atoms with Crippen molar-refractivity contribution in [3.8, 4) is 6.07 Å².